The van der Waals surface area contributed by atoms with Crippen LogP contribution in [-0.2, 0) is 0 Å². The van der Waals surface area contributed by atoms with Gasteiger partial charge in [0.2, 0.25) is 0 Å². The number of halogens is 1. The van der Waals surface area contributed by atoms with Crippen LogP contribution in [0.4, 0.5) is 4.39 Å². The Kier molecular flexibility index (Phi) is 560. The van der Waals surface area contributed by atoms with Gasteiger partial charge in [-0.3, -0.25) is 4.39 Å². The molecule has 0 heterocycles. The van der Waals surface area contributed by atoms with Crippen LogP contribution in [0, 0.1) is 0 Å². The molecule has 0 aromatic heterocycles. The zero-order chi connectivity index (χ0) is 2.00. The third kappa shape index (κ3) is 23.2. The van der Waals surface area contributed by atoms with Crippen LogP contribution in [0.5, 0.6) is 0 Å². The monoisotopic (exact) mass is 59.0 g/mol. The minimum Gasteiger partial charge on any atom is -0.412 e. The molecule has 1 radical (unpaired) electrons. The first-order valence-electron chi connectivity index (χ1n) is 0.378. The van der Waals surface area contributed by atoms with Crippen molar-refractivity contribution in [1.82, 2.24) is 0 Å². The molecular formula is CH5FLiO. The molecule has 0 saturated heterocycles. The fourth-order valence-electron chi connectivity index (χ4n) is 0. The molecule has 4 heavy (non-hydrogen) atoms. The zero-order valence-electron chi connectivity index (χ0n) is 2.88. The fourth-order valence-corrected chi connectivity index (χ4v) is 0. The Balaban J connectivity index is -0.00000000500. The Bertz CT molecular complexity index is 8.00. The van der Waals surface area contributed by atoms with Gasteiger partial charge in [0.25, 0.3) is 0 Å². The molecule has 0 bridgehead atoms. The maximum Gasteiger partial charge on any atom is 0.0785 e. The minimum absolute atomic E-state index is 0. The van der Waals surface area contributed by atoms with Gasteiger partial charge in [-0.25, -0.2) is 0 Å². The fraction of sp³-hybridized carbons (Fsp3) is 1.00. The van der Waals surface area contributed by atoms with Gasteiger partial charge in [-0.15, -0.1) is 0 Å². The average Bonchev–Trinajstić information content (AvgIpc) is 1.00. The van der Waals surface area contributed by atoms with E-state index in [9.17, 15) is 4.39 Å². The van der Waals surface area contributed by atoms with Gasteiger partial charge in [-0.2, -0.15) is 0 Å². The zero-order valence-corrected chi connectivity index (χ0v) is 2.88. The molecule has 0 atom stereocenters. The van der Waals surface area contributed by atoms with Gasteiger partial charge in [-0.1, -0.05) is 0 Å². The Morgan fingerprint density at radius 1 is 1.25 bits per heavy atom. The molecule has 0 unspecified atom stereocenters. The second kappa shape index (κ2) is 90.8. The van der Waals surface area contributed by atoms with Crippen LogP contribution in [0.3, 0.4) is 0 Å². The van der Waals surface area contributed by atoms with E-state index in [-0.39, 0.29) is 24.3 Å². The number of hydrogen-bond acceptors (Lipinski definition) is 0. The first kappa shape index (κ1) is 24.7. The molecule has 0 aliphatic carbocycles. The summed E-state index contributed by atoms with van der Waals surface area (Å²) < 4.78 is 9.50. The van der Waals surface area contributed by atoms with Crippen LogP contribution in [0.1, 0.15) is 0 Å². The van der Waals surface area contributed by atoms with Gasteiger partial charge >= 0.3 is 0 Å². The van der Waals surface area contributed by atoms with Crippen LogP contribution in [0.25, 0.3) is 0 Å². The largest absolute Gasteiger partial charge is 0.412 e. The average molecular weight is 59.0 g/mol. The summed E-state index contributed by atoms with van der Waals surface area (Å²) in [5, 5.41) is 0. The molecule has 23 valence electrons. The van der Waals surface area contributed by atoms with E-state index < -0.39 is 0 Å². The standard InChI is InChI=1S/CH3F.Li.H2O/c1-2;;/h1H3;;1H2. The molecule has 0 aliphatic rings. The molecule has 0 aliphatic heterocycles. The SMILES string of the molecule is CF.O.[Li]. The molecule has 3 heteroatoms. The van der Waals surface area contributed by atoms with Crippen LogP contribution >= 0.6 is 0 Å². The van der Waals surface area contributed by atoms with Gasteiger partial charge in [0.05, 0.1) is 7.18 Å². The summed E-state index contributed by atoms with van der Waals surface area (Å²) >= 11 is 0. The molecule has 1 nitrogen and oxygen atoms in total. The summed E-state index contributed by atoms with van der Waals surface area (Å²) in [7, 11) is 0.500. The van der Waals surface area contributed by atoms with Crippen LogP contribution in [0.15, 0.2) is 0 Å². The van der Waals surface area contributed by atoms with Gasteiger partial charge in [0.15, 0.2) is 0 Å². The van der Waals surface area contributed by atoms with Crippen molar-refractivity contribution >= 4 is 18.9 Å². The Labute approximate surface area is 36.7 Å². The van der Waals surface area contributed by atoms with E-state index in [4.69, 9.17) is 0 Å². The Morgan fingerprint density at radius 2 is 1.25 bits per heavy atom. The van der Waals surface area contributed by atoms with Crippen LogP contribution in [0.2, 0.25) is 0 Å². The Hall–Kier alpha value is 0.487. The predicted octanol–water partition coefficient (Wildman–Crippen LogP) is -0.620. The minimum atomic E-state index is 0. The first-order chi connectivity index (χ1) is 1.00. The van der Waals surface area contributed by atoms with Gasteiger partial charge in [-0.05, 0) is 0 Å². The first-order valence-corrected chi connectivity index (χ1v) is 0.378. The summed E-state index contributed by atoms with van der Waals surface area (Å²) in [5.74, 6) is 0. The number of alkyl halides is 1. The number of rotatable bonds is 0. The van der Waals surface area contributed by atoms with Crippen molar-refractivity contribution in [2.45, 2.75) is 0 Å². The van der Waals surface area contributed by atoms with E-state index in [2.05, 4.69) is 0 Å². The van der Waals surface area contributed by atoms with Crippen molar-refractivity contribution in [3.05, 3.63) is 0 Å². The second-order valence-electron chi connectivity index (χ2n) is 0. The van der Waals surface area contributed by atoms with Crippen molar-refractivity contribution in [2.24, 2.45) is 0 Å². The molecule has 0 spiro atoms. The molecule has 0 rings (SSSR count). The summed E-state index contributed by atoms with van der Waals surface area (Å²) in [6.45, 7) is 0. The van der Waals surface area contributed by atoms with Crippen LogP contribution in [-0.4, -0.2) is 31.5 Å². The topological polar surface area (TPSA) is 31.5 Å². The molecule has 0 aromatic rings. The van der Waals surface area contributed by atoms with E-state index >= 15 is 0 Å². The molecule has 0 aromatic carbocycles. The smallest absolute Gasteiger partial charge is 0.0785 e. The van der Waals surface area contributed by atoms with E-state index in [0.29, 0.717) is 7.18 Å². The molecule has 0 amide bonds. The van der Waals surface area contributed by atoms with Crippen LogP contribution < -0.4 is 0 Å². The van der Waals surface area contributed by atoms with E-state index in [1.165, 1.54) is 0 Å². The predicted molar refractivity (Wildman–Crippen MR) is 16.4 cm³/mol. The second-order valence-corrected chi connectivity index (χ2v) is 0. The van der Waals surface area contributed by atoms with Crippen molar-refractivity contribution < 1.29 is 9.87 Å². The number of hydrogen-bond donors (Lipinski definition) is 0. The van der Waals surface area contributed by atoms with Gasteiger partial charge in [0.1, 0.15) is 0 Å². The van der Waals surface area contributed by atoms with Crippen molar-refractivity contribution in [2.75, 3.05) is 7.18 Å². The summed E-state index contributed by atoms with van der Waals surface area (Å²) in [5.41, 5.74) is 0. The van der Waals surface area contributed by atoms with E-state index in [1.807, 2.05) is 0 Å². The maximum atomic E-state index is 9.50. The van der Waals surface area contributed by atoms with E-state index in [1.54, 1.807) is 0 Å². The van der Waals surface area contributed by atoms with Gasteiger partial charge in [0, 0.05) is 18.9 Å². The van der Waals surface area contributed by atoms with Crippen molar-refractivity contribution in [1.29, 1.82) is 0 Å². The summed E-state index contributed by atoms with van der Waals surface area (Å²) in [6, 6.07) is 0. The van der Waals surface area contributed by atoms with Crippen molar-refractivity contribution in [3.63, 3.8) is 0 Å². The summed E-state index contributed by atoms with van der Waals surface area (Å²) in [6.07, 6.45) is 0. The third-order valence-corrected chi connectivity index (χ3v) is 0. The molecule has 0 saturated carbocycles. The maximum absolute atomic E-state index is 9.50. The van der Waals surface area contributed by atoms with E-state index in [0.717, 1.165) is 0 Å². The Morgan fingerprint density at radius 3 is 1.25 bits per heavy atom. The molecule has 2 N–H and O–H groups in total. The third-order valence-electron chi connectivity index (χ3n) is 0. The van der Waals surface area contributed by atoms with Gasteiger partial charge < -0.3 is 5.48 Å². The molecule has 0 fully saturated rings. The molecular weight excluding hydrogens is 53.9 g/mol. The summed E-state index contributed by atoms with van der Waals surface area (Å²) in [4.78, 5) is 0. The van der Waals surface area contributed by atoms with Crippen molar-refractivity contribution in [3.8, 4) is 0 Å². The quantitative estimate of drug-likeness (QED) is 0.333. The normalized spacial score (nSPS) is 1.50.